The first-order chi connectivity index (χ1) is 16.0. The monoisotopic (exact) mass is 466 g/mol. The van der Waals surface area contributed by atoms with Gasteiger partial charge in [0.15, 0.2) is 11.5 Å². The number of benzene rings is 2. The highest BCUT2D eigenvalue weighted by Crippen LogP contribution is 2.33. The van der Waals surface area contributed by atoms with Gasteiger partial charge in [0.1, 0.15) is 34.5 Å². The molecule has 8 nitrogen and oxygen atoms in total. The fourth-order valence-electron chi connectivity index (χ4n) is 3.34. The topological polar surface area (TPSA) is 99.7 Å². The Morgan fingerprint density at radius 3 is 2.52 bits per heavy atom. The summed E-state index contributed by atoms with van der Waals surface area (Å²) < 4.78 is 21.5. The van der Waals surface area contributed by atoms with E-state index >= 15 is 0 Å². The molecule has 0 bridgehead atoms. The average molecular weight is 467 g/mol. The van der Waals surface area contributed by atoms with Crippen LogP contribution >= 0.6 is 11.3 Å². The minimum absolute atomic E-state index is 0.0854. The number of H-pyrrole nitrogens is 1. The largest absolute Gasteiger partial charge is 0.493 e. The zero-order valence-electron chi connectivity index (χ0n) is 18.3. The Bertz CT molecular complexity index is 1350. The van der Waals surface area contributed by atoms with Crippen LogP contribution in [0.2, 0.25) is 0 Å². The van der Waals surface area contributed by atoms with Crippen molar-refractivity contribution in [3.05, 3.63) is 69.3 Å². The Kier molecular flexibility index (Phi) is 6.60. The van der Waals surface area contributed by atoms with Crippen molar-refractivity contribution in [1.82, 2.24) is 9.97 Å². The first-order valence-corrected chi connectivity index (χ1v) is 10.9. The number of nitrogens with one attached hydrogen (secondary N) is 1. The van der Waals surface area contributed by atoms with Crippen molar-refractivity contribution in [2.45, 2.75) is 6.92 Å². The SMILES string of the molecule is COc1ccc(-c2nc3sc(C(=O)OCCOc4ccccc4)c(C)c3c(=O)[nH]2)cc1OC. The summed E-state index contributed by atoms with van der Waals surface area (Å²) in [6.45, 7) is 2.02. The quantitative estimate of drug-likeness (QED) is 0.307. The van der Waals surface area contributed by atoms with E-state index in [2.05, 4.69) is 9.97 Å². The summed E-state index contributed by atoms with van der Waals surface area (Å²) >= 11 is 1.12. The molecule has 4 rings (SSSR count). The highest BCUT2D eigenvalue weighted by molar-refractivity contribution is 7.20. The number of ether oxygens (including phenoxy) is 4. The third-order valence-corrected chi connectivity index (χ3v) is 6.14. The Balaban J connectivity index is 1.55. The highest BCUT2D eigenvalue weighted by Gasteiger charge is 2.21. The second-order valence-corrected chi connectivity index (χ2v) is 8.02. The zero-order chi connectivity index (χ0) is 23.4. The third kappa shape index (κ3) is 4.68. The number of hydrogen-bond acceptors (Lipinski definition) is 8. The van der Waals surface area contributed by atoms with E-state index in [0.717, 1.165) is 11.3 Å². The molecule has 1 N–H and O–H groups in total. The number of carbonyl (C=O) groups excluding carboxylic acids is 1. The van der Waals surface area contributed by atoms with Gasteiger partial charge in [0, 0.05) is 5.56 Å². The Hall–Kier alpha value is -3.85. The van der Waals surface area contributed by atoms with Gasteiger partial charge in [-0.1, -0.05) is 18.2 Å². The van der Waals surface area contributed by atoms with Gasteiger partial charge >= 0.3 is 5.97 Å². The molecule has 0 saturated carbocycles. The standard InChI is InChI=1S/C24H22N2O6S/c1-14-19-22(27)25-21(15-9-10-17(29-2)18(13-15)30-3)26-23(19)33-20(14)24(28)32-12-11-31-16-7-5-4-6-8-16/h4-10,13H,11-12H2,1-3H3,(H,25,26,27). The predicted octanol–water partition coefficient (Wildman–Crippen LogP) is 4.21. The van der Waals surface area contributed by atoms with Crippen LogP contribution in [0.4, 0.5) is 0 Å². The van der Waals surface area contributed by atoms with Crippen molar-refractivity contribution in [3.63, 3.8) is 0 Å². The van der Waals surface area contributed by atoms with Crippen LogP contribution in [-0.2, 0) is 4.74 Å². The van der Waals surface area contributed by atoms with Gasteiger partial charge in [-0.3, -0.25) is 4.79 Å². The molecule has 170 valence electrons. The smallest absolute Gasteiger partial charge is 0.348 e. The van der Waals surface area contributed by atoms with Gasteiger partial charge in [-0.15, -0.1) is 11.3 Å². The number of fused-ring (bicyclic) bond motifs is 1. The second-order valence-electron chi connectivity index (χ2n) is 7.02. The summed E-state index contributed by atoms with van der Waals surface area (Å²) in [4.78, 5) is 33.6. The molecular weight excluding hydrogens is 444 g/mol. The van der Waals surface area contributed by atoms with Gasteiger partial charge in [0.25, 0.3) is 5.56 Å². The zero-order valence-corrected chi connectivity index (χ0v) is 19.2. The van der Waals surface area contributed by atoms with Crippen molar-refractivity contribution in [2.75, 3.05) is 27.4 Å². The maximum Gasteiger partial charge on any atom is 0.348 e. The number of aromatic amines is 1. The minimum atomic E-state index is -0.515. The molecular formula is C24H22N2O6S. The first kappa shape index (κ1) is 22.3. The maximum absolute atomic E-state index is 12.8. The fourth-order valence-corrected chi connectivity index (χ4v) is 4.41. The number of para-hydroxylation sites is 1. The number of aryl methyl sites for hydroxylation is 1. The molecule has 9 heteroatoms. The van der Waals surface area contributed by atoms with Crippen molar-refractivity contribution in [2.24, 2.45) is 0 Å². The van der Waals surface area contributed by atoms with E-state index in [1.165, 1.54) is 7.11 Å². The summed E-state index contributed by atoms with van der Waals surface area (Å²) in [6, 6.07) is 14.5. The van der Waals surface area contributed by atoms with Crippen molar-refractivity contribution in [3.8, 4) is 28.6 Å². The summed E-state index contributed by atoms with van der Waals surface area (Å²) in [5.41, 5.74) is 0.862. The summed E-state index contributed by atoms with van der Waals surface area (Å²) in [6.07, 6.45) is 0. The number of hydrogen-bond donors (Lipinski definition) is 1. The molecule has 2 aromatic heterocycles. The van der Waals surface area contributed by atoms with Crippen molar-refractivity contribution < 1.29 is 23.7 Å². The molecule has 0 fully saturated rings. The lowest BCUT2D eigenvalue weighted by atomic mass is 10.1. The van der Waals surface area contributed by atoms with Gasteiger partial charge in [-0.25, -0.2) is 9.78 Å². The van der Waals surface area contributed by atoms with Crippen LogP contribution in [0.3, 0.4) is 0 Å². The van der Waals surface area contributed by atoms with E-state index in [1.54, 1.807) is 32.2 Å². The van der Waals surface area contributed by atoms with Crippen LogP contribution in [-0.4, -0.2) is 43.4 Å². The molecule has 0 aliphatic heterocycles. The lowest BCUT2D eigenvalue weighted by molar-refractivity contribution is 0.0455. The average Bonchev–Trinajstić information content (AvgIpc) is 3.18. The molecule has 2 heterocycles. The number of aromatic nitrogens is 2. The number of rotatable bonds is 8. The normalized spacial score (nSPS) is 10.8. The molecule has 0 saturated heterocycles. The van der Waals surface area contributed by atoms with Gasteiger partial charge in [0.2, 0.25) is 0 Å². The number of nitrogens with zero attached hydrogens (tertiary/aromatic N) is 1. The molecule has 0 aliphatic rings. The van der Waals surface area contributed by atoms with Crippen LogP contribution in [0.15, 0.2) is 53.3 Å². The molecule has 0 unspecified atom stereocenters. The van der Waals surface area contributed by atoms with E-state index in [4.69, 9.17) is 18.9 Å². The summed E-state index contributed by atoms with van der Waals surface area (Å²) in [5, 5.41) is 0.372. The van der Waals surface area contributed by atoms with Crippen LogP contribution in [0.1, 0.15) is 15.2 Å². The maximum atomic E-state index is 12.8. The molecule has 0 atom stereocenters. The molecule has 0 aliphatic carbocycles. The van der Waals surface area contributed by atoms with Crippen molar-refractivity contribution in [1.29, 1.82) is 0 Å². The van der Waals surface area contributed by atoms with Gasteiger partial charge < -0.3 is 23.9 Å². The summed E-state index contributed by atoms with van der Waals surface area (Å²) in [5.74, 6) is 1.63. The van der Waals surface area contributed by atoms with E-state index in [1.807, 2.05) is 30.3 Å². The first-order valence-electron chi connectivity index (χ1n) is 10.1. The highest BCUT2D eigenvalue weighted by atomic mass is 32.1. The van der Waals surface area contributed by atoms with Crippen LogP contribution in [0.25, 0.3) is 21.6 Å². The Morgan fingerprint density at radius 1 is 1.03 bits per heavy atom. The van der Waals surface area contributed by atoms with Gasteiger partial charge in [0.05, 0.1) is 19.6 Å². The number of esters is 1. The number of carbonyl (C=O) groups is 1. The fraction of sp³-hybridized carbons (Fsp3) is 0.208. The van der Waals surface area contributed by atoms with E-state index in [9.17, 15) is 9.59 Å². The predicted molar refractivity (Wildman–Crippen MR) is 126 cm³/mol. The van der Waals surface area contributed by atoms with Crippen LogP contribution in [0, 0.1) is 6.92 Å². The molecule has 0 amide bonds. The Morgan fingerprint density at radius 2 is 1.79 bits per heavy atom. The van der Waals surface area contributed by atoms with E-state index < -0.39 is 5.97 Å². The lowest BCUT2D eigenvalue weighted by Gasteiger charge is -2.09. The molecule has 4 aromatic rings. The molecule has 2 aromatic carbocycles. The van der Waals surface area contributed by atoms with Gasteiger partial charge in [-0.2, -0.15) is 0 Å². The minimum Gasteiger partial charge on any atom is -0.493 e. The Labute approximate surface area is 193 Å². The molecule has 0 radical (unpaired) electrons. The van der Waals surface area contributed by atoms with Crippen LogP contribution < -0.4 is 19.8 Å². The lowest BCUT2D eigenvalue weighted by Crippen LogP contribution is -2.13. The summed E-state index contributed by atoms with van der Waals surface area (Å²) in [7, 11) is 3.08. The molecule has 33 heavy (non-hydrogen) atoms. The van der Waals surface area contributed by atoms with Crippen LogP contribution in [0.5, 0.6) is 17.2 Å². The number of methoxy groups -OCH3 is 2. The van der Waals surface area contributed by atoms with E-state index in [-0.39, 0.29) is 18.8 Å². The third-order valence-electron chi connectivity index (χ3n) is 4.97. The van der Waals surface area contributed by atoms with Gasteiger partial charge in [-0.05, 0) is 42.8 Å². The second kappa shape index (κ2) is 9.74. The van der Waals surface area contributed by atoms with E-state index in [0.29, 0.717) is 49.3 Å². The number of thiophene rings is 1. The molecule has 0 spiro atoms. The van der Waals surface area contributed by atoms with Crippen molar-refractivity contribution >= 4 is 27.5 Å².